The van der Waals surface area contributed by atoms with Crippen LogP contribution in [0, 0.1) is 5.82 Å². The Kier molecular flexibility index (Phi) is 4.00. The molecule has 8 nitrogen and oxygen atoms in total. The van der Waals surface area contributed by atoms with Crippen molar-refractivity contribution >= 4 is 28.5 Å². The van der Waals surface area contributed by atoms with Crippen LogP contribution in [0.25, 0.3) is 11.4 Å². The number of hydrogen-bond acceptors (Lipinski definition) is 7. The van der Waals surface area contributed by atoms with Gasteiger partial charge in [0.25, 0.3) is 0 Å². The van der Waals surface area contributed by atoms with Gasteiger partial charge in [-0.25, -0.2) is 14.2 Å². The van der Waals surface area contributed by atoms with Crippen molar-refractivity contribution < 1.29 is 13.7 Å². The number of hydrogen-bond donors (Lipinski definition) is 2. The number of urea groups is 1. The van der Waals surface area contributed by atoms with E-state index < -0.39 is 0 Å². The van der Waals surface area contributed by atoms with Gasteiger partial charge in [0.2, 0.25) is 5.82 Å². The zero-order valence-corrected chi connectivity index (χ0v) is 15.8. The molecule has 1 fully saturated rings. The second-order valence-electron chi connectivity index (χ2n) is 6.80. The monoisotopic (exact) mass is 400 g/mol. The molecule has 0 spiro atoms. The Bertz CT molecular complexity index is 1030. The van der Waals surface area contributed by atoms with Crippen LogP contribution in [0.3, 0.4) is 0 Å². The lowest BCUT2D eigenvalue weighted by Gasteiger charge is -2.31. The molecule has 5 rings (SSSR count). The summed E-state index contributed by atoms with van der Waals surface area (Å²) in [5, 5.41) is 9.95. The molecule has 0 aliphatic carbocycles. The highest BCUT2D eigenvalue weighted by atomic mass is 32.1. The fourth-order valence-corrected chi connectivity index (χ4v) is 5.00. The molecule has 2 amide bonds. The standard InChI is InChI=1S/C18H17FN6O2S/c1-20-16(26)23-17-21-12-8-11-6-7-13(14(12)28-17)25(11)18-22-15(24-27-18)9-2-4-10(19)5-3-9/h2-5,11,13H,6-8H2,1H3,(H2,20,21,23,26). The lowest BCUT2D eigenvalue weighted by atomic mass is 10.1. The molecule has 28 heavy (non-hydrogen) atoms. The van der Waals surface area contributed by atoms with Crippen LogP contribution in [0.4, 0.5) is 20.3 Å². The summed E-state index contributed by atoms with van der Waals surface area (Å²) in [6, 6.07) is 6.53. The SMILES string of the molecule is CNC(=O)Nc1nc2c(s1)C1CCC(C2)N1c1nc(-c2ccc(F)cc2)no1. The van der Waals surface area contributed by atoms with Gasteiger partial charge in [0.05, 0.1) is 16.6 Å². The average Bonchev–Trinajstić information content (AvgIpc) is 3.39. The fourth-order valence-electron chi connectivity index (χ4n) is 3.87. The molecule has 2 atom stereocenters. The van der Waals surface area contributed by atoms with Crippen LogP contribution in [0.1, 0.15) is 29.5 Å². The van der Waals surface area contributed by atoms with Gasteiger partial charge in [-0.2, -0.15) is 4.98 Å². The third kappa shape index (κ3) is 2.80. The highest BCUT2D eigenvalue weighted by molar-refractivity contribution is 7.16. The number of fused-ring (bicyclic) bond motifs is 4. The first-order valence-electron chi connectivity index (χ1n) is 8.98. The van der Waals surface area contributed by atoms with Gasteiger partial charge in [-0.15, -0.1) is 0 Å². The molecule has 0 saturated carbocycles. The number of benzene rings is 1. The van der Waals surface area contributed by atoms with Crippen LogP contribution in [0.5, 0.6) is 0 Å². The number of carbonyl (C=O) groups excluding carboxylic acids is 1. The number of thiazole rings is 1. The van der Waals surface area contributed by atoms with Gasteiger partial charge in [-0.05, 0) is 37.1 Å². The van der Waals surface area contributed by atoms with E-state index in [-0.39, 0.29) is 23.9 Å². The number of aromatic nitrogens is 3. The van der Waals surface area contributed by atoms with E-state index in [2.05, 4.69) is 30.7 Å². The number of nitrogens with zero attached hydrogens (tertiary/aromatic N) is 4. The first-order valence-corrected chi connectivity index (χ1v) is 9.80. The van der Waals surface area contributed by atoms with E-state index >= 15 is 0 Å². The van der Waals surface area contributed by atoms with Crippen molar-refractivity contribution in [2.24, 2.45) is 0 Å². The number of halogens is 1. The lowest BCUT2D eigenvalue weighted by molar-refractivity contribution is 0.254. The van der Waals surface area contributed by atoms with Crippen molar-refractivity contribution in [3.05, 3.63) is 40.7 Å². The Morgan fingerprint density at radius 3 is 2.89 bits per heavy atom. The summed E-state index contributed by atoms with van der Waals surface area (Å²) >= 11 is 1.49. The summed E-state index contributed by atoms with van der Waals surface area (Å²) in [6.45, 7) is 0. The second-order valence-corrected chi connectivity index (χ2v) is 7.83. The Hall–Kier alpha value is -3.01. The Labute approximate surface area is 163 Å². The van der Waals surface area contributed by atoms with Gasteiger partial charge < -0.3 is 14.7 Å². The van der Waals surface area contributed by atoms with Gasteiger partial charge in [0, 0.05) is 25.1 Å². The molecule has 144 valence electrons. The van der Waals surface area contributed by atoms with Gasteiger partial charge in [0.15, 0.2) is 5.13 Å². The molecule has 2 N–H and O–H groups in total. The molecular weight excluding hydrogens is 383 g/mol. The number of amides is 2. The third-order valence-corrected chi connectivity index (χ3v) is 6.26. The normalized spacial score (nSPS) is 20.1. The topological polar surface area (TPSA) is 96.2 Å². The van der Waals surface area contributed by atoms with E-state index in [4.69, 9.17) is 4.52 Å². The molecule has 2 aromatic heterocycles. The highest BCUT2D eigenvalue weighted by Crippen LogP contribution is 2.48. The molecule has 2 unspecified atom stereocenters. The van der Waals surface area contributed by atoms with Crippen molar-refractivity contribution in [1.82, 2.24) is 20.4 Å². The summed E-state index contributed by atoms with van der Waals surface area (Å²) < 4.78 is 18.7. The minimum Gasteiger partial charge on any atom is -0.341 e. The molecule has 2 bridgehead atoms. The quantitative estimate of drug-likeness (QED) is 0.700. The van der Waals surface area contributed by atoms with E-state index in [1.807, 2.05) is 0 Å². The first-order chi connectivity index (χ1) is 13.6. The summed E-state index contributed by atoms with van der Waals surface area (Å²) in [6.07, 6.45) is 2.75. The molecule has 2 aliphatic rings. The summed E-state index contributed by atoms with van der Waals surface area (Å²) in [4.78, 5) is 24.0. The highest BCUT2D eigenvalue weighted by Gasteiger charge is 2.44. The number of nitrogens with one attached hydrogen (secondary N) is 2. The fraction of sp³-hybridized carbons (Fsp3) is 0.333. The molecule has 1 saturated heterocycles. The largest absolute Gasteiger partial charge is 0.341 e. The minimum absolute atomic E-state index is 0.105. The summed E-state index contributed by atoms with van der Waals surface area (Å²) in [7, 11) is 1.57. The maximum atomic E-state index is 13.1. The van der Waals surface area contributed by atoms with E-state index in [0.29, 0.717) is 22.5 Å². The van der Waals surface area contributed by atoms with Crippen LogP contribution in [-0.4, -0.2) is 34.2 Å². The maximum absolute atomic E-state index is 13.1. The molecule has 1 aromatic carbocycles. The Morgan fingerprint density at radius 2 is 2.11 bits per heavy atom. The van der Waals surface area contributed by atoms with Crippen molar-refractivity contribution in [3.8, 4) is 11.4 Å². The lowest BCUT2D eigenvalue weighted by Crippen LogP contribution is -2.37. The van der Waals surface area contributed by atoms with E-state index in [1.165, 1.54) is 23.5 Å². The van der Waals surface area contributed by atoms with Crippen LogP contribution in [0.2, 0.25) is 0 Å². The molecule has 4 heterocycles. The maximum Gasteiger partial charge on any atom is 0.325 e. The van der Waals surface area contributed by atoms with Crippen LogP contribution in [0.15, 0.2) is 28.8 Å². The van der Waals surface area contributed by atoms with Crippen molar-refractivity contribution in [2.45, 2.75) is 31.3 Å². The van der Waals surface area contributed by atoms with E-state index in [9.17, 15) is 9.18 Å². The molecule has 0 radical (unpaired) electrons. The number of carbonyl (C=O) groups is 1. The molecule has 3 aromatic rings. The average molecular weight is 400 g/mol. The third-order valence-electron chi connectivity index (χ3n) is 5.15. The zero-order chi connectivity index (χ0) is 19.3. The van der Waals surface area contributed by atoms with Gasteiger partial charge in [0.1, 0.15) is 5.82 Å². The van der Waals surface area contributed by atoms with Crippen molar-refractivity contribution in [3.63, 3.8) is 0 Å². The first kappa shape index (κ1) is 17.1. The van der Waals surface area contributed by atoms with Crippen molar-refractivity contribution in [1.29, 1.82) is 0 Å². The zero-order valence-electron chi connectivity index (χ0n) is 15.0. The predicted molar refractivity (Wildman–Crippen MR) is 102 cm³/mol. The Morgan fingerprint density at radius 1 is 1.29 bits per heavy atom. The van der Waals surface area contributed by atoms with Crippen LogP contribution in [-0.2, 0) is 6.42 Å². The van der Waals surface area contributed by atoms with Gasteiger partial charge in [-0.3, -0.25) is 5.32 Å². The van der Waals surface area contributed by atoms with Crippen LogP contribution < -0.4 is 15.5 Å². The van der Waals surface area contributed by atoms with E-state index in [1.54, 1.807) is 19.2 Å². The molecule has 10 heteroatoms. The predicted octanol–water partition coefficient (Wildman–Crippen LogP) is 3.35. The minimum atomic E-state index is -0.305. The second kappa shape index (κ2) is 6.55. The van der Waals surface area contributed by atoms with Gasteiger partial charge >= 0.3 is 12.0 Å². The summed E-state index contributed by atoms with van der Waals surface area (Å²) in [5.41, 5.74) is 1.73. The smallest absolute Gasteiger partial charge is 0.325 e. The number of anilines is 2. The van der Waals surface area contributed by atoms with Gasteiger partial charge in [-0.1, -0.05) is 16.5 Å². The molecule has 2 aliphatic heterocycles. The van der Waals surface area contributed by atoms with Crippen molar-refractivity contribution in [2.75, 3.05) is 17.3 Å². The summed E-state index contributed by atoms with van der Waals surface area (Å²) in [5.74, 6) is 0.131. The Balaban J connectivity index is 1.43. The molecular formula is C18H17FN6O2S. The van der Waals surface area contributed by atoms with E-state index in [0.717, 1.165) is 29.8 Å². The number of rotatable bonds is 3. The van der Waals surface area contributed by atoms with Crippen LogP contribution >= 0.6 is 11.3 Å².